The first kappa shape index (κ1) is 15.0. The van der Waals surface area contributed by atoms with E-state index in [0.717, 1.165) is 13.0 Å². The molecule has 0 aromatic carbocycles. The van der Waals surface area contributed by atoms with Crippen LogP contribution in [-0.2, 0) is 4.74 Å². The molecule has 0 aromatic rings. The predicted molar refractivity (Wildman–Crippen MR) is 56.6 cm³/mol. The molecular formula is C10H22LiO. The van der Waals surface area contributed by atoms with E-state index in [0.29, 0.717) is 0 Å². The molecule has 1 nitrogen and oxygen atoms in total. The van der Waals surface area contributed by atoms with Crippen molar-refractivity contribution in [3.8, 4) is 0 Å². The second kappa shape index (κ2) is 5.32. The summed E-state index contributed by atoms with van der Waals surface area (Å²) in [5.41, 5.74) is 0.0431. The molecule has 0 atom stereocenters. The van der Waals surface area contributed by atoms with Gasteiger partial charge in [-0.2, -0.15) is 0 Å². The van der Waals surface area contributed by atoms with Gasteiger partial charge in [-0.1, -0.05) is 20.8 Å². The summed E-state index contributed by atoms with van der Waals surface area (Å²) >= 11 is 0. The Balaban J connectivity index is 0. The van der Waals surface area contributed by atoms with E-state index in [-0.39, 0.29) is 29.9 Å². The maximum absolute atomic E-state index is 5.68. The molecule has 69 valence electrons. The molecular weight excluding hydrogens is 143 g/mol. The first-order valence-electron chi connectivity index (χ1n) is 4.26. The van der Waals surface area contributed by atoms with Gasteiger partial charge in [-0.25, -0.2) is 0 Å². The van der Waals surface area contributed by atoms with Crippen LogP contribution in [0, 0.1) is 12.3 Å². The molecule has 12 heavy (non-hydrogen) atoms. The van der Waals surface area contributed by atoms with Crippen LogP contribution in [0.5, 0.6) is 0 Å². The average Bonchev–Trinajstić information content (AvgIpc) is 1.83. The summed E-state index contributed by atoms with van der Waals surface area (Å²) in [6.07, 6.45) is 1.04. The standard InChI is InChI=1S/C10H21O.Li.H/c1-7-10(5,6)11-8-9(2,3)4;;/h2,7-8H2,1,3-6H3;;. The fourth-order valence-electron chi connectivity index (χ4n) is 0.493. The van der Waals surface area contributed by atoms with Crippen LogP contribution in [0.1, 0.15) is 41.0 Å². The number of rotatable bonds is 4. The zero-order valence-electron chi connectivity index (χ0n) is 8.53. The fourth-order valence-corrected chi connectivity index (χ4v) is 0.493. The van der Waals surface area contributed by atoms with Crippen molar-refractivity contribution >= 4 is 18.9 Å². The van der Waals surface area contributed by atoms with Crippen LogP contribution in [0.3, 0.4) is 0 Å². The van der Waals surface area contributed by atoms with E-state index in [1.165, 1.54) is 0 Å². The molecule has 0 fully saturated rings. The summed E-state index contributed by atoms with van der Waals surface area (Å²) in [4.78, 5) is 0. The average molecular weight is 165 g/mol. The molecule has 0 saturated carbocycles. The van der Waals surface area contributed by atoms with Crippen molar-refractivity contribution < 1.29 is 4.74 Å². The van der Waals surface area contributed by atoms with E-state index >= 15 is 0 Å². The third kappa shape index (κ3) is 8.65. The Morgan fingerprint density at radius 3 is 1.83 bits per heavy atom. The van der Waals surface area contributed by atoms with Crippen LogP contribution in [0.25, 0.3) is 0 Å². The van der Waals surface area contributed by atoms with Crippen molar-refractivity contribution in [2.75, 3.05) is 6.61 Å². The minimum absolute atomic E-state index is 0. The van der Waals surface area contributed by atoms with Crippen LogP contribution in [0.15, 0.2) is 0 Å². The number of ether oxygens (including phenoxy) is 1. The maximum atomic E-state index is 5.68. The topological polar surface area (TPSA) is 9.23 Å². The Kier molecular flexibility index (Phi) is 6.67. The van der Waals surface area contributed by atoms with Crippen LogP contribution in [-0.4, -0.2) is 31.1 Å². The summed E-state index contributed by atoms with van der Waals surface area (Å²) in [7, 11) is 0. The molecule has 0 aliphatic rings. The summed E-state index contributed by atoms with van der Waals surface area (Å²) < 4.78 is 5.68. The third-order valence-corrected chi connectivity index (χ3v) is 1.71. The van der Waals surface area contributed by atoms with Gasteiger partial charge in [0.25, 0.3) is 0 Å². The monoisotopic (exact) mass is 165 g/mol. The Bertz CT molecular complexity index is 113. The van der Waals surface area contributed by atoms with E-state index < -0.39 is 0 Å². The SMILES string of the molecule is [CH2]C(C)(C)COC(C)(C)CC.[LiH]. The van der Waals surface area contributed by atoms with Gasteiger partial charge in [0.05, 0.1) is 12.2 Å². The Morgan fingerprint density at radius 1 is 1.17 bits per heavy atom. The van der Waals surface area contributed by atoms with Crippen LogP contribution >= 0.6 is 0 Å². The fraction of sp³-hybridized carbons (Fsp3) is 0.900. The molecule has 0 aromatic heterocycles. The van der Waals surface area contributed by atoms with E-state index in [1.54, 1.807) is 0 Å². The van der Waals surface area contributed by atoms with Gasteiger partial charge in [0.1, 0.15) is 0 Å². The van der Waals surface area contributed by atoms with Gasteiger partial charge in [-0.15, -0.1) is 0 Å². The zero-order valence-corrected chi connectivity index (χ0v) is 8.53. The van der Waals surface area contributed by atoms with Gasteiger partial charge >= 0.3 is 18.9 Å². The third-order valence-electron chi connectivity index (χ3n) is 1.71. The van der Waals surface area contributed by atoms with Gasteiger partial charge in [0.15, 0.2) is 0 Å². The minimum atomic E-state index is 0. The van der Waals surface area contributed by atoms with Crippen molar-refractivity contribution in [2.24, 2.45) is 5.41 Å². The molecule has 1 radical (unpaired) electrons. The van der Waals surface area contributed by atoms with Crippen molar-refractivity contribution in [1.29, 1.82) is 0 Å². The number of hydrogen-bond acceptors (Lipinski definition) is 1. The molecule has 0 N–H and O–H groups in total. The molecule has 0 heterocycles. The molecule has 0 saturated heterocycles. The van der Waals surface area contributed by atoms with Gasteiger partial charge in [0, 0.05) is 0 Å². The van der Waals surface area contributed by atoms with Gasteiger partial charge < -0.3 is 4.74 Å². The Labute approximate surface area is 89.4 Å². The molecule has 2 heteroatoms. The van der Waals surface area contributed by atoms with Crippen molar-refractivity contribution in [3.63, 3.8) is 0 Å². The summed E-state index contributed by atoms with van der Waals surface area (Å²) in [6.45, 7) is 15.2. The van der Waals surface area contributed by atoms with Crippen LogP contribution < -0.4 is 0 Å². The van der Waals surface area contributed by atoms with E-state index in [4.69, 9.17) is 4.74 Å². The summed E-state index contributed by atoms with van der Waals surface area (Å²) in [6, 6.07) is 0. The quantitative estimate of drug-likeness (QED) is 0.581. The molecule has 0 bridgehead atoms. The summed E-state index contributed by atoms with van der Waals surface area (Å²) in [5.74, 6) is 0. The molecule has 0 amide bonds. The first-order valence-corrected chi connectivity index (χ1v) is 4.26. The van der Waals surface area contributed by atoms with Crippen LogP contribution in [0.4, 0.5) is 0 Å². The van der Waals surface area contributed by atoms with Crippen molar-refractivity contribution in [2.45, 2.75) is 46.6 Å². The summed E-state index contributed by atoms with van der Waals surface area (Å²) in [5, 5.41) is 0. The van der Waals surface area contributed by atoms with Crippen molar-refractivity contribution in [3.05, 3.63) is 6.92 Å². The van der Waals surface area contributed by atoms with Gasteiger partial charge in [0.2, 0.25) is 0 Å². The van der Waals surface area contributed by atoms with Crippen molar-refractivity contribution in [1.82, 2.24) is 0 Å². The first-order chi connectivity index (χ1) is 4.77. The Morgan fingerprint density at radius 2 is 1.58 bits per heavy atom. The zero-order chi connectivity index (χ0) is 9.12. The Hall–Kier alpha value is 0.557. The second-order valence-electron chi connectivity index (χ2n) is 4.57. The molecule has 0 rings (SSSR count). The van der Waals surface area contributed by atoms with Crippen LogP contribution in [0.2, 0.25) is 0 Å². The molecule has 0 aliphatic carbocycles. The molecule has 0 unspecified atom stereocenters. The molecule has 0 spiro atoms. The molecule has 0 aliphatic heterocycles. The second-order valence-corrected chi connectivity index (χ2v) is 4.57. The van der Waals surface area contributed by atoms with E-state index in [1.807, 2.05) is 0 Å². The van der Waals surface area contributed by atoms with Gasteiger partial charge in [-0.3, -0.25) is 0 Å². The number of hydrogen-bond donors (Lipinski definition) is 0. The van der Waals surface area contributed by atoms with E-state index in [9.17, 15) is 0 Å². The normalized spacial score (nSPS) is 12.5. The predicted octanol–water partition coefficient (Wildman–Crippen LogP) is 2.40. The van der Waals surface area contributed by atoms with E-state index in [2.05, 4.69) is 41.5 Å². The van der Waals surface area contributed by atoms with Gasteiger partial charge in [-0.05, 0) is 32.6 Å².